The van der Waals surface area contributed by atoms with E-state index in [-0.39, 0.29) is 12.0 Å². The van der Waals surface area contributed by atoms with Crippen LogP contribution < -0.4 is 5.32 Å². The number of ether oxygens (including phenoxy) is 1. The Morgan fingerprint density at radius 3 is 2.76 bits per heavy atom. The highest BCUT2D eigenvalue weighted by molar-refractivity contribution is 7.99. The molecule has 3 nitrogen and oxygen atoms in total. The number of benzene rings is 1. The quantitative estimate of drug-likeness (QED) is 0.623. The van der Waals surface area contributed by atoms with Gasteiger partial charge >= 0.3 is 5.97 Å². The fourth-order valence-electron chi connectivity index (χ4n) is 1.53. The molecule has 0 bridgehead atoms. The van der Waals surface area contributed by atoms with Gasteiger partial charge in [0, 0.05) is 10.6 Å². The second-order valence-corrected chi connectivity index (χ2v) is 4.90. The summed E-state index contributed by atoms with van der Waals surface area (Å²) in [7, 11) is 3.20. The van der Waals surface area contributed by atoms with E-state index in [1.165, 1.54) is 17.6 Å². The standard InChI is InChI=1S/C13H19NO2S/c1-10-6-4-5-7-12(10)17-9-8-11(14-2)13(15)16-3/h4-7,11,14H,8-9H2,1-3H3. The number of nitrogens with one attached hydrogen (secondary N) is 1. The Labute approximate surface area is 107 Å². The molecule has 17 heavy (non-hydrogen) atoms. The number of carbonyl (C=O) groups is 1. The van der Waals surface area contributed by atoms with Crippen LogP contribution in [0.4, 0.5) is 0 Å². The molecule has 0 radical (unpaired) electrons. The Morgan fingerprint density at radius 2 is 2.18 bits per heavy atom. The molecule has 1 N–H and O–H groups in total. The van der Waals surface area contributed by atoms with Crippen LogP contribution in [0.5, 0.6) is 0 Å². The third-order valence-electron chi connectivity index (χ3n) is 2.59. The van der Waals surface area contributed by atoms with Gasteiger partial charge in [0.25, 0.3) is 0 Å². The van der Waals surface area contributed by atoms with Crippen molar-refractivity contribution in [1.29, 1.82) is 0 Å². The van der Waals surface area contributed by atoms with Gasteiger partial charge in [-0.05, 0) is 32.0 Å². The predicted octanol–water partition coefficient (Wildman–Crippen LogP) is 2.24. The minimum Gasteiger partial charge on any atom is -0.468 e. The number of carbonyl (C=O) groups excluding carboxylic acids is 1. The lowest BCUT2D eigenvalue weighted by atomic mass is 10.2. The van der Waals surface area contributed by atoms with Crippen molar-refractivity contribution >= 4 is 17.7 Å². The average molecular weight is 253 g/mol. The summed E-state index contributed by atoms with van der Waals surface area (Å²) in [5.41, 5.74) is 1.27. The first kappa shape index (κ1) is 14.1. The van der Waals surface area contributed by atoms with Crippen molar-refractivity contribution in [2.45, 2.75) is 24.3 Å². The number of hydrogen-bond donors (Lipinski definition) is 1. The normalized spacial score (nSPS) is 12.2. The third-order valence-corrected chi connectivity index (χ3v) is 3.80. The molecular weight excluding hydrogens is 234 g/mol. The zero-order valence-corrected chi connectivity index (χ0v) is 11.3. The monoisotopic (exact) mass is 253 g/mol. The summed E-state index contributed by atoms with van der Waals surface area (Å²) in [5.74, 6) is 0.698. The van der Waals surface area contributed by atoms with Gasteiger partial charge in [-0.1, -0.05) is 18.2 Å². The average Bonchev–Trinajstić information content (AvgIpc) is 2.36. The summed E-state index contributed by atoms with van der Waals surface area (Å²) >= 11 is 1.77. The molecule has 0 heterocycles. The first-order valence-corrected chi connectivity index (χ1v) is 6.61. The summed E-state index contributed by atoms with van der Waals surface area (Å²) in [5, 5.41) is 2.97. The molecule has 0 amide bonds. The molecule has 0 aliphatic rings. The molecule has 1 unspecified atom stereocenters. The van der Waals surface area contributed by atoms with Crippen molar-refractivity contribution < 1.29 is 9.53 Å². The molecule has 94 valence electrons. The molecule has 0 spiro atoms. The van der Waals surface area contributed by atoms with Gasteiger partial charge in [0.1, 0.15) is 6.04 Å². The molecule has 1 atom stereocenters. The Bertz CT molecular complexity index is 368. The molecule has 0 saturated carbocycles. The maximum absolute atomic E-state index is 11.4. The molecule has 0 aliphatic heterocycles. The summed E-state index contributed by atoms with van der Waals surface area (Å²) in [6.07, 6.45) is 0.766. The fourth-order valence-corrected chi connectivity index (χ4v) is 2.57. The maximum atomic E-state index is 11.4. The number of thioether (sulfide) groups is 1. The molecule has 0 aromatic heterocycles. The van der Waals surface area contributed by atoms with Crippen LogP contribution in [0.15, 0.2) is 29.2 Å². The molecule has 1 rings (SSSR count). The van der Waals surface area contributed by atoms with Gasteiger partial charge in [0.15, 0.2) is 0 Å². The van der Waals surface area contributed by atoms with Crippen LogP contribution in [0.3, 0.4) is 0 Å². The Kier molecular flexibility index (Phi) is 6.08. The van der Waals surface area contributed by atoms with Gasteiger partial charge < -0.3 is 10.1 Å². The SMILES string of the molecule is CNC(CCSc1ccccc1C)C(=O)OC. The molecule has 1 aromatic rings. The first-order chi connectivity index (χ1) is 8.19. The zero-order valence-electron chi connectivity index (χ0n) is 10.5. The predicted molar refractivity (Wildman–Crippen MR) is 71.4 cm³/mol. The van der Waals surface area contributed by atoms with Gasteiger partial charge in [0.05, 0.1) is 7.11 Å². The number of aryl methyl sites for hydroxylation is 1. The van der Waals surface area contributed by atoms with Crippen LogP contribution in [-0.2, 0) is 9.53 Å². The van der Waals surface area contributed by atoms with Crippen LogP contribution in [0.1, 0.15) is 12.0 Å². The van der Waals surface area contributed by atoms with Crippen molar-refractivity contribution in [3.05, 3.63) is 29.8 Å². The Hall–Kier alpha value is -1.00. The molecule has 4 heteroatoms. The van der Waals surface area contributed by atoms with Crippen molar-refractivity contribution in [2.75, 3.05) is 19.9 Å². The lowest BCUT2D eigenvalue weighted by Gasteiger charge is -2.13. The van der Waals surface area contributed by atoms with Crippen molar-refractivity contribution in [2.24, 2.45) is 0 Å². The van der Waals surface area contributed by atoms with Crippen LogP contribution in [-0.4, -0.2) is 31.9 Å². The van der Waals surface area contributed by atoms with E-state index in [2.05, 4.69) is 24.4 Å². The second-order valence-electron chi connectivity index (χ2n) is 3.77. The number of likely N-dealkylation sites (N-methyl/N-ethyl adjacent to an activating group) is 1. The van der Waals surface area contributed by atoms with E-state index in [1.54, 1.807) is 18.8 Å². The van der Waals surface area contributed by atoms with E-state index in [0.29, 0.717) is 0 Å². The number of hydrogen-bond acceptors (Lipinski definition) is 4. The first-order valence-electron chi connectivity index (χ1n) is 5.62. The number of rotatable bonds is 6. The topological polar surface area (TPSA) is 38.3 Å². The van der Waals surface area contributed by atoms with Crippen LogP contribution >= 0.6 is 11.8 Å². The van der Waals surface area contributed by atoms with Gasteiger partial charge in [-0.2, -0.15) is 0 Å². The summed E-state index contributed by atoms with van der Waals surface area (Å²) in [4.78, 5) is 12.6. The lowest BCUT2D eigenvalue weighted by molar-refractivity contribution is -0.143. The van der Waals surface area contributed by atoms with E-state index in [4.69, 9.17) is 4.74 Å². The maximum Gasteiger partial charge on any atom is 0.322 e. The van der Waals surface area contributed by atoms with Crippen LogP contribution in [0.2, 0.25) is 0 Å². The molecule has 1 aromatic carbocycles. The summed E-state index contributed by atoms with van der Waals surface area (Å²) in [6, 6.07) is 8.05. The highest BCUT2D eigenvalue weighted by atomic mass is 32.2. The fraction of sp³-hybridized carbons (Fsp3) is 0.462. The van der Waals surface area contributed by atoms with Gasteiger partial charge in [-0.3, -0.25) is 4.79 Å². The summed E-state index contributed by atoms with van der Waals surface area (Å²) < 4.78 is 4.72. The van der Waals surface area contributed by atoms with Crippen molar-refractivity contribution in [3.8, 4) is 0 Å². The van der Waals surface area contributed by atoms with Crippen molar-refractivity contribution in [3.63, 3.8) is 0 Å². The minimum absolute atomic E-state index is 0.196. The van der Waals surface area contributed by atoms with Crippen LogP contribution in [0.25, 0.3) is 0 Å². The minimum atomic E-state index is -0.212. The Balaban J connectivity index is 2.42. The summed E-state index contributed by atoms with van der Waals surface area (Å²) in [6.45, 7) is 2.10. The highest BCUT2D eigenvalue weighted by Gasteiger charge is 2.16. The number of methoxy groups -OCH3 is 1. The van der Waals surface area contributed by atoms with Gasteiger partial charge in [-0.25, -0.2) is 0 Å². The smallest absolute Gasteiger partial charge is 0.322 e. The molecule has 0 fully saturated rings. The van der Waals surface area contributed by atoms with E-state index in [9.17, 15) is 4.79 Å². The van der Waals surface area contributed by atoms with E-state index in [1.807, 2.05) is 12.1 Å². The number of esters is 1. The largest absolute Gasteiger partial charge is 0.468 e. The van der Waals surface area contributed by atoms with E-state index < -0.39 is 0 Å². The van der Waals surface area contributed by atoms with Gasteiger partial charge in [-0.15, -0.1) is 11.8 Å². The Morgan fingerprint density at radius 1 is 1.47 bits per heavy atom. The molecular formula is C13H19NO2S. The third kappa shape index (κ3) is 4.40. The van der Waals surface area contributed by atoms with E-state index >= 15 is 0 Å². The highest BCUT2D eigenvalue weighted by Crippen LogP contribution is 2.22. The second kappa shape index (κ2) is 7.35. The molecule has 0 aliphatic carbocycles. The van der Waals surface area contributed by atoms with Gasteiger partial charge in [0.2, 0.25) is 0 Å². The molecule has 0 saturated heterocycles. The van der Waals surface area contributed by atoms with Crippen LogP contribution in [0, 0.1) is 6.92 Å². The zero-order chi connectivity index (χ0) is 12.7. The van der Waals surface area contributed by atoms with Crippen molar-refractivity contribution in [1.82, 2.24) is 5.32 Å². The lowest BCUT2D eigenvalue weighted by Crippen LogP contribution is -2.35. The van der Waals surface area contributed by atoms with E-state index in [0.717, 1.165) is 12.2 Å².